The maximum absolute atomic E-state index is 13.7. The molecule has 106 valence electrons. The van der Waals surface area contributed by atoms with Gasteiger partial charge in [-0.15, -0.1) is 0 Å². The molecule has 0 unspecified atom stereocenters. The molecule has 5 nitrogen and oxygen atoms in total. The van der Waals surface area contributed by atoms with Crippen molar-refractivity contribution in [2.75, 3.05) is 22.9 Å². The van der Waals surface area contributed by atoms with Gasteiger partial charge in [0.2, 0.25) is 0 Å². The molecule has 0 aliphatic heterocycles. The highest BCUT2D eigenvalue weighted by molar-refractivity contribution is 7.18. The second-order valence-electron chi connectivity index (χ2n) is 4.15. The van der Waals surface area contributed by atoms with E-state index < -0.39 is 11.7 Å². The second kappa shape index (κ2) is 5.87. The molecule has 1 aromatic carbocycles. The molecular formula is C13H15FN4OS. The quantitative estimate of drug-likeness (QED) is 0.810. The molecule has 2 rings (SSSR count). The number of nitrogens with one attached hydrogen (secondary N) is 2. The van der Waals surface area contributed by atoms with Gasteiger partial charge in [-0.2, -0.15) is 0 Å². The van der Waals surface area contributed by atoms with E-state index >= 15 is 0 Å². The standard InChI is InChI=1S/C13H15FN4OS/c1-3-16-13-18-11(15)10(20-13)12(19)17-9-7(2)5-4-6-8(9)14/h4-6H,3,15H2,1-2H3,(H,16,18)(H,17,19). The lowest BCUT2D eigenvalue weighted by molar-refractivity contribution is 0.103. The molecule has 20 heavy (non-hydrogen) atoms. The Morgan fingerprint density at radius 3 is 2.90 bits per heavy atom. The van der Waals surface area contributed by atoms with E-state index in [1.807, 2.05) is 6.92 Å². The number of nitrogen functional groups attached to an aromatic ring is 1. The zero-order chi connectivity index (χ0) is 14.7. The number of halogens is 1. The van der Waals surface area contributed by atoms with Crippen LogP contribution in [0.3, 0.4) is 0 Å². The zero-order valence-electron chi connectivity index (χ0n) is 11.2. The van der Waals surface area contributed by atoms with Crippen LogP contribution in [-0.2, 0) is 0 Å². The number of carbonyl (C=O) groups is 1. The third-order valence-corrected chi connectivity index (χ3v) is 3.68. The van der Waals surface area contributed by atoms with Gasteiger partial charge >= 0.3 is 0 Å². The average molecular weight is 294 g/mol. The van der Waals surface area contributed by atoms with E-state index in [1.165, 1.54) is 6.07 Å². The van der Waals surface area contributed by atoms with Crippen molar-refractivity contribution < 1.29 is 9.18 Å². The SMILES string of the molecule is CCNc1nc(N)c(C(=O)Nc2c(C)cccc2F)s1. The van der Waals surface area contributed by atoms with Gasteiger partial charge in [-0.1, -0.05) is 23.5 Å². The highest BCUT2D eigenvalue weighted by Crippen LogP contribution is 2.27. The van der Waals surface area contributed by atoms with Crippen LogP contribution in [0, 0.1) is 12.7 Å². The first-order valence-corrected chi connectivity index (χ1v) is 6.91. The Bertz CT molecular complexity index is 621. The minimum Gasteiger partial charge on any atom is -0.382 e. The third kappa shape index (κ3) is 2.88. The summed E-state index contributed by atoms with van der Waals surface area (Å²) in [5.74, 6) is -0.803. The number of rotatable bonds is 4. The predicted octanol–water partition coefficient (Wildman–Crippen LogP) is 2.86. The number of carbonyl (C=O) groups excluding carboxylic acids is 1. The van der Waals surface area contributed by atoms with Gasteiger partial charge in [-0.25, -0.2) is 9.37 Å². The molecule has 1 heterocycles. The summed E-state index contributed by atoms with van der Waals surface area (Å²) in [5, 5.41) is 6.09. The number of thiazole rings is 1. The second-order valence-corrected chi connectivity index (χ2v) is 5.15. The first-order valence-electron chi connectivity index (χ1n) is 6.09. The Kier molecular flexibility index (Phi) is 4.19. The van der Waals surface area contributed by atoms with E-state index in [0.29, 0.717) is 17.2 Å². The molecule has 0 aliphatic carbocycles. The van der Waals surface area contributed by atoms with Crippen molar-refractivity contribution >= 4 is 33.9 Å². The topological polar surface area (TPSA) is 80.0 Å². The van der Waals surface area contributed by atoms with Gasteiger partial charge in [0.1, 0.15) is 16.5 Å². The van der Waals surface area contributed by atoms with Crippen LogP contribution in [0.5, 0.6) is 0 Å². The van der Waals surface area contributed by atoms with E-state index in [1.54, 1.807) is 19.1 Å². The van der Waals surface area contributed by atoms with Crippen molar-refractivity contribution in [1.82, 2.24) is 4.98 Å². The third-order valence-electron chi connectivity index (χ3n) is 2.65. The summed E-state index contributed by atoms with van der Waals surface area (Å²) < 4.78 is 13.7. The van der Waals surface area contributed by atoms with Gasteiger partial charge in [0.25, 0.3) is 5.91 Å². The van der Waals surface area contributed by atoms with Gasteiger partial charge in [-0.3, -0.25) is 4.79 Å². The fourth-order valence-corrected chi connectivity index (χ4v) is 2.53. The minimum atomic E-state index is -0.478. The van der Waals surface area contributed by atoms with E-state index in [4.69, 9.17) is 5.73 Å². The highest BCUT2D eigenvalue weighted by atomic mass is 32.1. The largest absolute Gasteiger partial charge is 0.382 e. The Morgan fingerprint density at radius 1 is 1.50 bits per heavy atom. The van der Waals surface area contributed by atoms with Crippen molar-refractivity contribution in [2.45, 2.75) is 13.8 Å². The zero-order valence-corrected chi connectivity index (χ0v) is 12.0. The number of aryl methyl sites for hydroxylation is 1. The Balaban J connectivity index is 2.24. The van der Waals surface area contributed by atoms with Crippen molar-refractivity contribution in [2.24, 2.45) is 0 Å². The summed E-state index contributed by atoms with van der Waals surface area (Å²) in [6.07, 6.45) is 0. The first kappa shape index (κ1) is 14.3. The number of hydrogen-bond donors (Lipinski definition) is 3. The predicted molar refractivity (Wildman–Crippen MR) is 79.8 cm³/mol. The molecule has 0 aliphatic rings. The fourth-order valence-electron chi connectivity index (χ4n) is 1.68. The maximum Gasteiger partial charge on any atom is 0.269 e. The molecule has 0 saturated heterocycles. The average Bonchev–Trinajstić information content (AvgIpc) is 2.75. The lowest BCUT2D eigenvalue weighted by atomic mass is 10.2. The van der Waals surface area contributed by atoms with Crippen molar-refractivity contribution in [3.63, 3.8) is 0 Å². The number of amides is 1. The summed E-state index contributed by atoms with van der Waals surface area (Å²) in [7, 11) is 0. The molecule has 7 heteroatoms. The molecule has 1 aromatic heterocycles. The summed E-state index contributed by atoms with van der Waals surface area (Å²) in [4.78, 5) is 16.4. The van der Waals surface area contributed by atoms with Gasteiger partial charge in [-0.05, 0) is 25.5 Å². The van der Waals surface area contributed by atoms with Crippen LogP contribution in [0.15, 0.2) is 18.2 Å². The number of anilines is 3. The molecule has 0 fully saturated rings. The van der Waals surface area contributed by atoms with Crippen LogP contribution in [0.1, 0.15) is 22.2 Å². The summed E-state index contributed by atoms with van der Waals surface area (Å²) >= 11 is 1.14. The van der Waals surface area contributed by atoms with Crippen molar-refractivity contribution in [3.05, 3.63) is 34.5 Å². The van der Waals surface area contributed by atoms with Crippen LogP contribution in [0.25, 0.3) is 0 Å². The van der Waals surface area contributed by atoms with E-state index in [-0.39, 0.29) is 16.4 Å². The number of benzene rings is 1. The van der Waals surface area contributed by atoms with Crippen molar-refractivity contribution in [3.8, 4) is 0 Å². The molecule has 1 amide bonds. The van der Waals surface area contributed by atoms with Gasteiger partial charge in [0.15, 0.2) is 5.13 Å². The van der Waals surface area contributed by atoms with Crippen LogP contribution in [0.2, 0.25) is 0 Å². The molecule has 0 bridgehead atoms. The van der Waals surface area contributed by atoms with Gasteiger partial charge < -0.3 is 16.4 Å². The smallest absolute Gasteiger partial charge is 0.269 e. The Labute approximate surface area is 120 Å². The number of nitrogens with zero attached hydrogens (tertiary/aromatic N) is 1. The number of para-hydroxylation sites is 1. The minimum absolute atomic E-state index is 0.137. The lowest BCUT2D eigenvalue weighted by Gasteiger charge is -2.08. The Morgan fingerprint density at radius 2 is 2.25 bits per heavy atom. The molecule has 0 atom stereocenters. The maximum atomic E-state index is 13.7. The van der Waals surface area contributed by atoms with Crippen LogP contribution < -0.4 is 16.4 Å². The normalized spacial score (nSPS) is 10.3. The van der Waals surface area contributed by atoms with E-state index in [0.717, 1.165) is 11.3 Å². The fraction of sp³-hybridized carbons (Fsp3) is 0.231. The molecule has 0 saturated carbocycles. The molecule has 4 N–H and O–H groups in total. The van der Waals surface area contributed by atoms with Crippen LogP contribution in [-0.4, -0.2) is 17.4 Å². The van der Waals surface area contributed by atoms with Crippen molar-refractivity contribution in [1.29, 1.82) is 0 Å². The molecular weight excluding hydrogens is 279 g/mol. The number of hydrogen-bond acceptors (Lipinski definition) is 5. The number of aromatic nitrogens is 1. The van der Waals surface area contributed by atoms with Gasteiger partial charge in [0.05, 0.1) is 5.69 Å². The van der Waals surface area contributed by atoms with E-state index in [9.17, 15) is 9.18 Å². The summed E-state index contributed by atoms with van der Waals surface area (Å²) in [6, 6.07) is 4.60. The Hall–Kier alpha value is -2.15. The first-order chi connectivity index (χ1) is 9.52. The van der Waals surface area contributed by atoms with Crippen LogP contribution >= 0.6 is 11.3 Å². The molecule has 0 spiro atoms. The summed E-state index contributed by atoms with van der Waals surface area (Å²) in [6.45, 7) is 4.32. The molecule has 2 aromatic rings. The monoisotopic (exact) mass is 294 g/mol. The summed E-state index contributed by atoms with van der Waals surface area (Å²) in [5.41, 5.74) is 6.52. The lowest BCUT2D eigenvalue weighted by Crippen LogP contribution is -2.14. The van der Waals surface area contributed by atoms with E-state index in [2.05, 4.69) is 15.6 Å². The number of nitrogens with two attached hydrogens (primary N) is 1. The van der Waals surface area contributed by atoms with Gasteiger partial charge in [0, 0.05) is 6.54 Å². The highest BCUT2D eigenvalue weighted by Gasteiger charge is 2.18. The van der Waals surface area contributed by atoms with Crippen LogP contribution in [0.4, 0.5) is 21.0 Å². The molecule has 0 radical (unpaired) electrons.